The van der Waals surface area contributed by atoms with Gasteiger partial charge in [-0.2, -0.15) is 0 Å². The maximum absolute atomic E-state index is 12.7. The molecule has 26 heavy (non-hydrogen) atoms. The Bertz CT molecular complexity index is 752. The lowest BCUT2D eigenvalue weighted by atomic mass is 10.0. The Balaban J connectivity index is 2.14. The molecule has 1 heterocycles. The standard InChI is InChI=1S/C20H24N2O4/c1-4-22(9-7-18(23)24)20(25)17-10-14(2)19(15(3)11-17)26-13-16-6-5-8-21-12-16/h5-6,8,10-12H,4,7,9,13H2,1-3H3,(H,23,24). The first-order valence-corrected chi connectivity index (χ1v) is 8.56. The Morgan fingerprint density at radius 1 is 1.23 bits per heavy atom. The van der Waals surface area contributed by atoms with Gasteiger partial charge in [0.2, 0.25) is 0 Å². The van der Waals surface area contributed by atoms with Crippen LogP contribution in [0.25, 0.3) is 0 Å². The number of aromatic nitrogens is 1. The van der Waals surface area contributed by atoms with Gasteiger partial charge in [-0.1, -0.05) is 6.07 Å². The molecular formula is C20H24N2O4. The minimum absolute atomic E-state index is 0.0656. The number of aliphatic carboxylic acids is 1. The van der Waals surface area contributed by atoms with Gasteiger partial charge in [-0.05, 0) is 50.1 Å². The summed E-state index contributed by atoms with van der Waals surface area (Å²) in [5.41, 5.74) is 3.25. The zero-order chi connectivity index (χ0) is 19.1. The third-order valence-corrected chi connectivity index (χ3v) is 4.08. The van der Waals surface area contributed by atoms with Gasteiger partial charge in [0, 0.05) is 36.6 Å². The highest BCUT2D eigenvalue weighted by Crippen LogP contribution is 2.26. The largest absolute Gasteiger partial charge is 0.488 e. The van der Waals surface area contributed by atoms with E-state index in [1.54, 1.807) is 29.4 Å². The van der Waals surface area contributed by atoms with Crippen molar-refractivity contribution in [3.63, 3.8) is 0 Å². The Morgan fingerprint density at radius 2 is 1.92 bits per heavy atom. The third kappa shape index (κ3) is 5.05. The van der Waals surface area contributed by atoms with E-state index in [1.807, 2.05) is 32.9 Å². The molecule has 1 N–H and O–H groups in total. The minimum Gasteiger partial charge on any atom is -0.488 e. The molecular weight excluding hydrogens is 332 g/mol. The molecule has 0 radical (unpaired) electrons. The highest BCUT2D eigenvalue weighted by molar-refractivity contribution is 5.95. The van der Waals surface area contributed by atoms with E-state index < -0.39 is 5.97 Å². The smallest absolute Gasteiger partial charge is 0.305 e. The summed E-state index contributed by atoms with van der Waals surface area (Å²) < 4.78 is 5.91. The third-order valence-electron chi connectivity index (χ3n) is 4.08. The molecule has 0 saturated heterocycles. The van der Waals surface area contributed by atoms with Crippen molar-refractivity contribution >= 4 is 11.9 Å². The van der Waals surface area contributed by atoms with Gasteiger partial charge in [-0.25, -0.2) is 0 Å². The van der Waals surface area contributed by atoms with Gasteiger partial charge in [-0.15, -0.1) is 0 Å². The SMILES string of the molecule is CCN(CCC(=O)O)C(=O)c1cc(C)c(OCc2cccnc2)c(C)c1. The number of benzene rings is 1. The fourth-order valence-electron chi connectivity index (χ4n) is 2.76. The lowest BCUT2D eigenvalue weighted by molar-refractivity contribution is -0.137. The molecule has 0 fully saturated rings. The minimum atomic E-state index is -0.914. The Labute approximate surface area is 153 Å². The number of rotatable bonds is 8. The van der Waals surface area contributed by atoms with Gasteiger partial charge in [0.25, 0.3) is 5.91 Å². The predicted octanol–water partition coefficient (Wildman–Crippen LogP) is 3.21. The summed E-state index contributed by atoms with van der Waals surface area (Å²) in [6.45, 7) is 6.70. The van der Waals surface area contributed by atoms with E-state index >= 15 is 0 Å². The molecule has 2 rings (SSSR count). The summed E-state index contributed by atoms with van der Waals surface area (Å²) in [5, 5.41) is 8.83. The van der Waals surface area contributed by atoms with E-state index in [2.05, 4.69) is 4.98 Å². The van der Waals surface area contributed by atoms with Crippen LogP contribution in [-0.4, -0.2) is 40.0 Å². The second-order valence-corrected chi connectivity index (χ2v) is 6.12. The van der Waals surface area contributed by atoms with E-state index in [-0.39, 0.29) is 18.9 Å². The number of carbonyl (C=O) groups excluding carboxylic acids is 1. The number of carboxylic acids is 1. The molecule has 0 unspecified atom stereocenters. The van der Waals surface area contributed by atoms with Gasteiger partial charge >= 0.3 is 5.97 Å². The molecule has 6 nitrogen and oxygen atoms in total. The van der Waals surface area contributed by atoms with Crippen LogP contribution < -0.4 is 4.74 Å². The highest BCUT2D eigenvalue weighted by Gasteiger charge is 2.18. The van der Waals surface area contributed by atoms with E-state index in [1.165, 1.54) is 0 Å². The second kappa shape index (κ2) is 8.99. The molecule has 0 saturated carbocycles. The van der Waals surface area contributed by atoms with Crippen LogP contribution in [-0.2, 0) is 11.4 Å². The van der Waals surface area contributed by atoms with Crippen LogP contribution >= 0.6 is 0 Å². The van der Waals surface area contributed by atoms with Crippen LogP contribution in [0.3, 0.4) is 0 Å². The topological polar surface area (TPSA) is 79.7 Å². The first-order valence-electron chi connectivity index (χ1n) is 8.56. The lowest BCUT2D eigenvalue weighted by Gasteiger charge is -2.21. The molecule has 0 atom stereocenters. The van der Waals surface area contributed by atoms with Crippen LogP contribution in [0.4, 0.5) is 0 Å². The summed E-state index contributed by atoms with van der Waals surface area (Å²) in [5.74, 6) is -0.333. The monoisotopic (exact) mass is 356 g/mol. The fraction of sp³-hybridized carbons (Fsp3) is 0.350. The molecule has 0 aliphatic carbocycles. The molecule has 0 bridgehead atoms. The zero-order valence-corrected chi connectivity index (χ0v) is 15.4. The van der Waals surface area contributed by atoms with Crippen LogP contribution in [0, 0.1) is 13.8 Å². The maximum Gasteiger partial charge on any atom is 0.305 e. The van der Waals surface area contributed by atoms with E-state index in [9.17, 15) is 9.59 Å². The average molecular weight is 356 g/mol. The molecule has 1 aromatic heterocycles. The van der Waals surface area contributed by atoms with Crippen molar-refractivity contribution in [3.05, 3.63) is 58.9 Å². The van der Waals surface area contributed by atoms with Crippen LogP contribution in [0.15, 0.2) is 36.7 Å². The second-order valence-electron chi connectivity index (χ2n) is 6.12. The summed E-state index contributed by atoms with van der Waals surface area (Å²) in [6, 6.07) is 7.38. The number of nitrogens with zero attached hydrogens (tertiary/aromatic N) is 2. The summed E-state index contributed by atoms with van der Waals surface area (Å²) in [6.07, 6.45) is 3.40. The molecule has 0 aliphatic heterocycles. The van der Waals surface area contributed by atoms with Gasteiger partial charge in [0.1, 0.15) is 12.4 Å². The van der Waals surface area contributed by atoms with Crippen LogP contribution in [0.5, 0.6) is 5.75 Å². The summed E-state index contributed by atoms with van der Waals surface area (Å²) in [4.78, 5) is 29.0. The van der Waals surface area contributed by atoms with Crippen molar-refractivity contribution in [1.29, 1.82) is 0 Å². The lowest BCUT2D eigenvalue weighted by Crippen LogP contribution is -2.33. The molecule has 1 amide bonds. The van der Waals surface area contributed by atoms with E-state index in [4.69, 9.17) is 9.84 Å². The zero-order valence-electron chi connectivity index (χ0n) is 15.4. The van der Waals surface area contributed by atoms with E-state index in [0.717, 1.165) is 22.4 Å². The number of pyridine rings is 1. The number of hydrogen-bond acceptors (Lipinski definition) is 4. The van der Waals surface area contributed by atoms with E-state index in [0.29, 0.717) is 18.7 Å². The van der Waals surface area contributed by atoms with Crippen molar-refractivity contribution < 1.29 is 19.4 Å². The number of carboxylic acid groups (broad SMARTS) is 1. The predicted molar refractivity (Wildman–Crippen MR) is 98.3 cm³/mol. The van der Waals surface area contributed by atoms with Gasteiger partial charge in [0.15, 0.2) is 0 Å². The summed E-state index contributed by atoms with van der Waals surface area (Å²) >= 11 is 0. The van der Waals surface area contributed by atoms with Gasteiger partial charge < -0.3 is 14.7 Å². The normalized spacial score (nSPS) is 10.4. The highest BCUT2D eigenvalue weighted by atomic mass is 16.5. The van der Waals surface area contributed by atoms with Gasteiger partial charge in [0.05, 0.1) is 6.42 Å². The van der Waals surface area contributed by atoms with Crippen LogP contribution in [0.1, 0.15) is 40.4 Å². The average Bonchev–Trinajstić information content (AvgIpc) is 2.61. The first-order chi connectivity index (χ1) is 12.4. The fourth-order valence-corrected chi connectivity index (χ4v) is 2.76. The number of carbonyl (C=O) groups is 2. The molecule has 0 aliphatic rings. The van der Waals surface area contributed by atoms with Crippen LogP contribution in [0.2, 0.25) is 0 Å². The number of hydrogen-bond donors (Lipinski definition) is 1. The molecule has 1 aromatic carbocycles. The molecule has 2 aromatic rings. The van der Waals surface area contributed by atoms with Gasteiger partial charge in [-0.3, -0.25) is 14.6 Å². The number of aryl methyl sites for hydroxylation is 2. The Kier molecular flexibility index (Phi) is 6.72. The van der Waals surface area contributed by atoms with Crippen molar-refractivity contribution in [2.45, 2.75) is 33.8 Å². The quantitative estimate of drug-likeness (QED) is 0.785. The Morgan fingerprint density at radius 3 is 2.46 bits per heavy atom. The van der Waals surface area contributed by atoms with Crippen molar-refractivity contribution in [2.75, 3.05) is 13.1 Å². The maximum atomic E-state index is 12.7. The van der Waals surface area contributed by atoms with Crippen molar-refractivity contribution in [1.82, 2.24) is 9.88 Å². The summed E-state index contributed by atoms with van der Waals surface area (Å²) in [7, 11) is 0. The molecule has 0 spiro atoms. The van der Waals surface area contributed by atoms with Crippen molar-refractivity contribution in [3.8, 4) is 5.75 Å². The molecule has 138 valence electrons. The Hall–Kier alpha value is -2.89. The molecule has 6 heteroatoms. The first kappa shape index (κ1) is 19.4. The number of ether oxygens (including phenoxy) is 1. The number of amides is 1. The van der Waals surface area contributed by atoms with Crippen molar-refractivity contribution in [2.24, 2.45) is 0 Å².